The predicted octanol–water partition coefficient (Wildman–Crippen LogP) is 2.62. The first-order chi connectivity index (χ1) is 14.1. The molecule has 2 aromatic heterocycles. The van der Waals surface area contributed by atoms with Crippen molar-refractivity contribution in [3.05, 3.63) is 53.6 Å². The lowest BCUT2D eigenvalue weighted by Crippen LogP contribution is -2.44. The van der Waals surface area contributed by atoms with Gasteiger partial charge >= 0.3 is 0 Å². The van der Waals surface area contributed by atoms with Crippen LogP contribution in [0, 0.1) is 6.92 Å². The Bertz CT molecular complexity index is 1030. The Balaban J connectivity index is 1.54. The molecule has 1 unspecified atom stereocenters. The van der Waals surface area contributed by atoms with Crippen LogP contribution in [0.2, 0.25) is 0 Å². The van der Waals surface area contributed by atoms with Crippen molar-refractivity contribution < 1.29 is 4.79 Å². The molecule has 0 spiro atoms. The molecule has 1 amide bonds. The molecule has 1 saturated heterocycles. The minimum Gasteiger partial charge on any atom is -0.345 e. The van der Waals surface area contributed by atoms with Crippen LogP contribution in [0.3, 0.4) is 0 Å². The summed E-state index contributed by atoms with van der Waals surface area (Å²) < 4.78 is 1.97. The monoisotopic (exact) mass is 392 g/mol. The van der Waals surface area contributed by atoms with Gasteiger partial charge in [0.25, 0.3) is 5.91 Å². The molecule has 3 aromatic rings. The minimum absolute atomic E-state index is 0.140. The largest absolute Gasteiger partial charge is 0.345 e. The van der Waals surface area contributed by atoms with Gasteiger partial charge in [-0.05, 0) is 38.1 Å². The van der Waals surface area contributed by atoms with Crippen molar-refractivity contribution in [2.24, 2.45) is 5.73 Å². The molecule has 3 N–H and O–H groups in total. The van der Waals surface area contributed by atoms with E-state index in [0.717, 1.165) is 54.0 Å². The molecule has 3 heterocycles. The van der Waals surface area contributed by atoms with Gasteiger partial charge < -0.3 is 20.5 Å². The van der Waals surface area contributed by atoms with Crippen LogP contribution in [-0.4, -0.2) is 39.6 Å². The van der Waals surface area contributed by atoms with E-state index in [1.54, 1.807) is 6.20 Å². The summed E-state index contributed by atoms with van der Waals surface area (Å²) in [4.78, 5) is 24.3. The van der Waals surface area contributed by atoms with Crippen LogP contribution in [0.15, 0.2) is 36.5 Å². The average molecular weight is 393 g/mol. The van der Waals surface area contributed by atoms with Crippen molar-refractivity contribution in [2.75, 3.05) is 18.0 Å². The number of amides is 1. The third-order valence-electron chi connectivity index (χ3n) is 5.49. The normalized spacial score (nSPS) is 16.9. The highest BCUT2D eigenvalue weighted by molar-refractivity contribution is 5.93. The lowest BCUT2D eigenvalue weighted by atomic mass is 10.1. The Kier molecular flexibility index (Phi) is 5.49. The second-order valence-electron chi connectivity index (χ2n) is 7.65. The van der Waals surface area contributed by atoms with Gasteiger partial charge in [-0.25, -0.2) is 4.98 Å². The minimum atomic E-state index is -0.140. The number of fused-ring (bicyclic) bond motifs is 1. The van der Waals surface area contributed by atoms with Crippen molar-refractivity contribution in [3.63, 3.8) is 0 Å². The molecule has 0 bridgehead atoms. The first kappa shape index (κ1) is 19.4. The number of benzene rings is 1. The Morgan fingerprint density at radius 3 is 2.97 bits per heavy atom. The lowest BCUT2D eigenvalue weighted by molar-refractivity contribution is 0.0941. The molecule has 7 nitrogen and oxygen atoms in total. The van der Waals surface area contributed by atoms with Gasteiger partial charge in [-0.2, -0.15) is 0 Å². The Morgan fingerprint density at radius 1 is 1.34 bits per heavy atom. The number of piperidine rings is 1. The number of rotatable bonds is 5. The number of nitrogens with one attached hydrogen (secondary N) is 1. The van der Waals surface area contributed by atoms with Crippen LogP contribution < -0.4 is 16.0 Å². The number of nitrogens with zero attached hydrogens (tertiary/aromatic N) is 4. The number of aryl methyl sites for hydroxylation is 1. The van der Waals surface area contributed by atoms with Gasteiger partial charge in [0.1, 0.15) is 5.69 Å². The highest BCUT2D eigenvalue weighted by atomic mass is 16.2. The van der Waals surface area contributed by atoms with Crippen LogP contribution in [0.25, 0.3) is 10.8 Å². The van der Waals surface area contributed by atoms with Gasteiger partial charge in [-0.15, -0.1) is 0 Å². The zero-order valence-corrected chi connectivity index (χ0v) is 17.1. The van der Waals surface area contributed by atoms with E-state index in [4.69, 9.17) is 5.73 Å². The third-order valence-corrected chi connectivity index (χ3v) is 5.49. The summed E-state index contributed by atoms with van der Waals surface area (Å²) in [6.07, 6.45) is 3.75. The molecular weight excluding hydrogens is 364 g/mol. The molecule has 4 rings (SSSR count). The van der Waals surface area contributed by atoms with Gasteiger partial charge in [-0.3, -0.25) is 9.78 Å². The molecule has 1 aliphatic heterocycles. The smallest absolute Gasteiger partial charge is 0.269 e. The van der Waals surface area contributed by atoms with Crippen molar-refractivity contribution in [2.45, 2.75) is 45.8 Å². The molecule has 0 saturated carbocycles. The SMILES string of the molecule is CCn1c(C(=O)NCc2nc(C)cc3ccccc23)cnc1N1CCCC(N)C1. The molecule has 1 atom stereocenters. The number of aromatic nitrogens is 3. The number of carbonyl (C=O) groups excluding carboxylic acids is 1. The second kappa shape index (κ2) is 8.21. The Morgan fingerprint density at radius 2 is 2.17 bits per heavy atom. The van der Waals surface area contributed by atoms with E-state index < -0.39 is 0 Å². The maximum atomic E-state index is 12.9. The van der Waals surface area contributed by atoms with Crippen LogP contribution in [0.1, 0.15) is 41.6 Å². The predicted molar refractivity (Wildman–Crippen MR) is 115 cm³/mol. The lowest BCUT2D eigenvalue weighted by Gasteiger charge is -2.32. The molecule has 1 aromatic carbocycles. The average Bonchev–Trinajstić information content (AvgIpc) is 3.16. The van der Waals surface area contributed by atoms with Gasteiger partial charge in [0.2, 0.25) is 5.95 Å². The fourth-order valence-corrected chi connectivity index (χ4v) is 4.11. The second-order valence-corrected chi connectivity index (χ2v) is 7.65. The molecule has 29 heavy (non-hydrogen) atoms. The molecule has 7 heteroatoms. The summed E-state index contributed by atoms with van der Waals surface area (Å²) in [6, 6.07) is 10.3. The number of anilines is 1. The van der Waals surface area contributed by atoms with E-state index in [9.17, 15) is 4.79 Å². The number of imidazole rings is 1. The number of nitrogens with two attached hydrogens (primary N) is 1. The molecule has 1 aliphatic rings. The summed E-state index contributed by atoms with van der Waals surface area (Å²) in [5.41, 5.74) is 8.51. The van der Waals surface area contributed by atoms with Gasteiger partial charge in [-0.1, -0.05) is 24.3 Å². The fourth-order valence-electron chi connectivity index (χ4n) is 4.11. The van der Waals surface area contributed by atoms with E-state index in [-0.39, 0.29) is 11.9 Å². The number of hydrogen-bond donors (Lipinski definition) is 2. The zero-order chi connectivity index (χ0) is 20.4. The van der Waals surface area contributed by atoms with E-state index in [1.165, 1.54) is 0 Å². The molecule has 1 fully saturated rings. The summed E-state index contributed by atoms with van der Waals surface area (Å²) in [7, 11) is 0. The van der Waals surface area contributed by atoms with E-state index in [1.807, 2.05) is 36.6 Å². The van der Waals surface area contributed by atoms with E-state index in [2.05, 4.69) is 32.3 Å². The van der Waals surface area contributed by atoms with Crippen molar-refractivity contribution in [1.29, 1.82) is 0 Å². The Hall–Kier alpha value is -2.93. The number of pyridine rings is 1. The van der Waals surface area contributed by atoms with Crippen molar-refractivity contribution >= 4 is 22.6 Å². The van der Waals surface area contributed by atoms with E-state index in [0.29, 0.717) is 18.8 Å². The summed E-state index contributed by atoms with van der Waals surface area (Å²) in [6.45, 7) is 6.75. The maximum absolute atomic E-state index is 12.9. The molecular formula is C22H28N6O. The van der Waals surface area contributed by atoms with Gasteiger partial charge in [0.05, 0.1) is 18.4 Å². The summed E-state index contributed by atoms with van der Waals surface area (Å²) in [5, 5.41) is 5.22. The highest BCUT2D eigenvalue weighted by Gasteiger charge is 2.23. The molecule has 152 valence electrons. The molecule has 0 aliphatic carbocycles. The van der Waals surface area contributed by atoms with Crippen LogP contribution in [0.5, 0.6) is 0 Å². The first-order valence-corrected chi connectivity index (χ1v) is 10.3. The highest BCUT2D eigenvalue weighted by Crippen LogP contribution is 2.21. The van der Waals surface area contributed by atoms with Crippen molar-refractivity contribution in [3.8, 4) is 0 Å². The summed E-state index contributed by atoms with van der Waals surface area (Å²) >= 11 is 0. The molecule has 0 radical (unpaired) electrons. The maximum Gasteiger partial charge on any atom is 0.269 e. The van der Waals surface area contributed by atoms with Crippen molar-refractivity contribution in [1.82, 2.24) is 19.9 Å². The number of carbonyl (C=O) groups is 1. The van der Waals surface area contributed by atoms with Gasteiger partial charge in [0, 0.05) is 36.8 Å². The quantitative estimate of drug-likeness (QED) is 0.697. The van der Waals surface area contributed by atoms with Crippen LogP contribution >= 0.6 is 0 Å². The Labute approximate surface area is 170 Å². The zero-order valence-electron chi connectivity index (χ0n) is 17.1. The number of hydrogen-bond acceptors (Lipinski definition) is 5. The first-order valence-electron chi connectivity index (χ1n) is 10.3. The third kappa shape index (κ3) is 3.96. The summed E-state index contributed by atoms with van der Waals surface area (Å²) in [5.74, 6) is 0.686. The topological polar surface area (TPSA) is 89.1 Å². The van der Waals surface area contributed by atoms with Crippen LogP contribution in [-0.2, 0) is 13.1 Å². The standard InChI is InChI=1S/C22H28N6O/c1-3-28-20(13-25-22(28)27-10-6-8-17(23)14-27)21(29)24-12-19-18-9-5-4-7-16(18)11-15(2)26-19/h4-5,7,9,11,13,17H,3,6,8,10,12,14,23H2,1-2H3,(H,24,29). The van der Waals surface area contributed by atoms with Crippen LogP contribution in [0.4, 0.5) is 5.95 Å². The van der Waals surface area contributed by atoms with E-state index >= 15 is 0 Å². The van der Waals surface area contributed by atoms with Gasteiger partial charge in [0.15, 0.2) is 0 Å². The fraction of sp³-hybridized carbons (Fsp3) is 0.409.